The molecule has 21 heavy (non-hydrogen) atoms. The molecule has 0 spiro atoms. The molecule has 0 amide bonds. The first kappa shape index (κ1) is 14.1. The molecule has 0 saturated heterocycles. The van der Waals surface area contributed by atoms with E-state index in [9.17, 15) is 5.11 Å². The van der Waals surface area contributed by atoms with E-state index < -0.39 is 6.10 Å². The van der Waals surface area contributed by atoms with Crippen LogP contribution in [0.2, 0.25) is 5.02 Å². The molecule has 2 aromatic carbocycles. The maximum absolute atomic E-state index is 10.2. The van der Waals surface area contributed by atoms with Crippen LogP contribution in [0.1, 0.15) is 30.8 Å². The number of aliphatic hydroxyl groups excluding tert-OH is 1. The molecular weight excluding hydrogens is 284 g/mol. The lowest BCUT2D eigenvalue weighted by Crippen LogP contribution is -2.09. The molecule has 1 N–H and O–H groups in total. The molecule has 0 fully saturated rings. The van der Waals surface area contributed by atoms with Gasteiger partial charge in [-0.15, -0.1) is 0 Å². The van der Waals surface area contributed by atoms with Crippen molar-refractivity contribution in [1.82, 2.24) is 9.55 Å². The summed E-state index contributed by atoms with van der Waals surface area (Å²) in [6.07, 6.45) is 0.0916. The maximum Gasteiger partial charge on any atom is 0.139 e. The van der Waals surface area contributed by atoms with Crippen LogP contribution >= 0.6 is 11.6 Å². The van der Waals surface area contributed by atoms with E-state index in [4.69, 9.17) is 11.6 Å². The lowest BCUT2D eigenvalue weighted by atomic mass is 10.2. The highest BCUT2D eigenvalue weighted by Gasteiger charge is 2.16. The van der Waals surface area contributed by atoms with Gasteiger partial charge in [-0.3, -0.25) is 0 Å². The van der Waals surface area contributed by atoms with Gasteiger partial charge in [-0.1, -0.05) is 42.8 Å². The fourth-order valence-corrected chi connectivity index (χ4v) is 2.60. The average molecular weight is 301 g/mol. The summed E-state index contributed by atoms with van der Waals surface area (Å²) in [6.45, 7) is 2.63. The van der Waals surface area contributed by atoms with E-state index >= 15 is 0 Å². The van der Waals surface area contributed by atoms with Gasteiger partial charge in [0.25, 0.3) is 0 Å². The van der Waals surface area contributed by atoms with Gasteiger partial charge in [0, 0.05) is 11.6 Å². The average Bonchev–Trinajstić information content (AvgIpc) is 2.88. The Labute approximate surface area is 128 Å². The monoisotopic (exact) mass is 300 g/mol. The summed E-state index contributed by atoms with van der Waals surface area (Å²) in [6, 6.07) is 15.7. The van der Waals surface area contributed by atoms with Gasteiger partial charge in [0.2, 0.25) is 0 Å². The minimum atomic E-state index is -0.551. The van der Waals surface area contributed by atoms with Crippen molar-refractivity contribution in [2.45, 2.75) is 26.0 Å². The van der Waals surface area contributed by atoms with Crippen molar-refractivity contribution < 1.29 is 5.11 Å². The molecule has 0 aliphatic heterocycles. The molecule has 3 rings (SSSR count). The highest BCUT2D eigenvalue weighted by atomic mass is 35.5. The van der Waals surface area contributed by atoms with Crippen LogP contribution in [0.3, 0.4) is 0 Å². The highest BCUT2D eigenvalue weighted by molar-refractivity contribution is 6.30. The largest absolute Gasteiger partial charge is 0.385 e. The van der Waals surface area contributed by atoms with Crippen molar-refractivity contribution in [2.75, 3.05) is 0 Å². The number of imidazole rings is 1. The molecule has 0 aliphatic rings. The Balaban J connectivity index is 2.08. The van der Waals surface area contributed by atoms with Crippen molar-refractivity contribution in [1.29, 1.82) is 0 Å². The van der Waals surface area contributed by atoms with Crippen molar-refractivity contribution in [3.63, 3.8) is 0 Å². The summed E-state index contributed by atoms with van der Waals surface area (Å²) in [4.78, 5) is 4.58. The Bertz CT molecular complexity index is 749. The van der Waals surface area contributed by atoms with Crippen molar-refractivity contribution in [3.8, 4) is 0 Å². The Morgan fingerprint density at radius 3 is 2.57 bits per heavy atom. The normalized spacial score (nSPS) is 12.7. The summed E-state index contributed by atoms with van der Waals surface area (Å²) >= 11 is 5.93. The Morgan fingerprint density at radius 1 is 1.14 bits per heavy atom. The summed E-state index contributed by atoms with van der Waals surface area (Å²) < 4.78 is 2.08. The first-order chi connectivity index (χ1) is 10.2. The smallest absolute Gasteiger partial charge is 0.139 e. The standard InChI is InChI=1S/C17H17ClN2O/c1-2-16(21)17-19-14-5-3-4-6-15(14)20(17)11-12-7-9-13(18)10-8-12/h3-10,16,21H,2,11H2,1H3/t16-/m0/s1. The number of benzene rings is 2. The quantitative estimate of drug-likeness (QED) is 0.785. The maximum atomic E-state index is 10.2. The zero-order valence-corrected chi connectivity index (χ0v) is 12.6. The Morgan fingerprint density at radius 2 is 1.86 bits per heavy atom. The molecule has 1 aromatic heterocycles. The SMILES string of the molecule is CC[C@H](O)c1nc2ccccc2n1Cc1ccc(Cl)cc1. The predicted octanol–water partition coefficient (Wildman–Crippen LogP) is 4.18. The van der Waals surface area contributed by atoms with Crippen molar-refractivity contribution >= 4 is 22.6 Å². The van der Waals surface area contributed by atoms with Gasteiger partial charge < -0.3 is 9.67 Å². The zero-order valence-electron chi connectivity index (χ0n) is 11.8. The molecule has 1 heterocycles. The Hall–Kier alpha value is -1.84. The van der Waals surface area contributed by atoms with Gasteiger partial charge in [0.1, 0.15) is 11.9 Å². The predicted molar refractivity (Wildman–Crippen MR) is 85.5 cm³/mol. The highest BCUT2D eigenvalue weighted by Crippen LogP contribution is 2.24. The van der Waals surface area contributed by atoms with E-state index in [-0.39, 0.29) is 0 Å². The third-order valence-corrected chi connectivity index (χ3v) is 3.87. The van der Waals surface area contributed by atoms with E-state index in [1.165, 1.54) is 0 Å². The number of rotatable bonds is 4. The fraction of sp³-hybridized carbons (Fsp3) is 0.235. The molecular formula is C17H17ClN2O. The molecule has 108 valence electrons. The third-order valence-electron chi connectivity index (χ3n) is 3.62. The molecule has 0 radical (unpaired) electrons. The number of aliphatic hydroxyl groups is 1. The van der Waals surface area contributed by atoms with Gasteiger partial charge in [0.15, 0.2) is 0 Å². The molecule has 0 bridgehead atoms. The molecule has 3 aromatic rings. The van der Waals surface area contributed by atoms with E-state index in [0.29, 0.717) is 18.8 Å². The van der Waals surface area contributed by atoms with Gasteiger partial charge in [-0.05, 0) is 36.2 Å². The minimum absolute atomic E-state index is 0.551. The van der Waals surface area contributed by atoms with Crippen LogP contribution in [-0.4, -0.2) is 14.7 Å². The number of aromatic nitrogens is 2. The summed E-state index contributed by atoms with van der Waals surface area (Å²) in [5, 5.41) is 11.0. The van der Waals surface area contributed by atoms with Gasteiger partial charge in [0.05, 0.1) is 11.0 Å². The van der Waals surface area contributed by atoms with Crippen LogP contribution in [0.25, 0.3) is 11.0 Å². The summed E-state index contributed by atoms with van der Waals surface area (Å²) in [5.41, 5.74) is 3.08. The molecule has 4 heteroatoms. The van der Waals surface area contributed by atoms with Gasteiger partial charge >= 0.3 is 0 Å². The van der Waals surface area contributed by atoms with E-state index in [1.54, 1.807) is 0 Å². The van der Waals surface area contributed by atoms with Crippen molar-refractivity contribution in [2.24, 2.45) is 0 Å². The second kappa shape index (κ2) is 5.88. The summed E-state index contributed by atoms with van der Waals surface area (Å²) in [7, 11) is 0. The zero-order chi connectivity index (χ0) is 14.8. The summed E-state index contributed by atoms with van der Waals surface area (Å²) in [5.74, 6) is 0.716. The lowest BCUT2D eigenvalue weighted by molar-refractivity contribution is 0.160. The van der Waals surface area contributed by atoms with Crippen LogP contribution in [0, 0.1) is 0 Å². The van der Waals surface area contributed by atoms with Crippen LogP contribution in [-0.2, 0) is 6.54 Å². The lowest BCUT2D eigenvalue weighted by Gasteiger charge is -2.12. The molecule has 0 unspecified atom stereocenters. The van der Waals surface area contributed by atoms with E-state index in [0.717, 1.165) is 21.6 Å². The van der Waals surface area contributed by atoms with Gasteiger partial charge in [-0.25, -0.2) is 4.98 Å². The van der Waals surface area contributed by atoms with Gasteiger partial charge in [-0.2, -0.15) is 0 Å². The van der Waals surface area contributed by atoms with Crippen LogP contribution in [0.4, 0.5) is 0 Å². The first-order valence-corrected chi connectivity index (χ1v) is 7.44. The fourth-order valence-electron chi connectivity index (χ4n) is 2.47. The number of hydrogen-bond acceptors (Lipinski definition) is 2. The van der Waals surface area contributed by atoms with E-state index in [1.807, 2.05) is 55.5 Å². The van der Waals surface area contributed by atoms with Crippen LogP contribution in [0.5, 0.6) is 0 Å². The van der Waals surface area contributed by atoms with Crippen LogP contribution < -0.4 is 0 Å². The number of halogens is 1. The molecule has 1 atom stereocenters. The second-order valence-corrected chi connectivity index (χ2v) is 5.53. The number of hydrogen-bond donors (Lipinski definition) is 1. The second-order valence-electron chi connectivity index (χ2n) is 5.10. The Kier molecular flexibility index (Phi) is 3.95. The molecule has 0 aliphatic carbocycles. The molecule has 0 saturated carbocycles. The number of fused-ring (bicyclic) bond motifs is 1. The first-order valence-electron chi connectivity index (χ1n) is 7.06. The van der Waals surface area contributed by atoms with Crippen LogP contribution in [0.15, 0.2) is 48.5 Å². The minimum Gasteiger partial charge on any atom is -0.385 e. The van der Waals surface area contributed by atoms with E-state index in [2.05, 4.69) is 9.55 Å². The number of para-hydroxylation sites is 2. The third kappa shape index (κ3) is 2.80. The topological polar surface area (TPSA) is 38.1 Å². The number of nitrogens with zero attached hydrogens (tertiary/aromatic N) is 2. The van der Waals surface area contributed by atoms with Crippen molar-refractivity contribution in [3.05, 3.63) is 64.9 Å². The molecule has 3 nitrogen and oxygen atoms in total.